The Morgan fingerprint density at radius 1 is 1.08 bits per heavy atom. The SMILES string of the molecule is O=C(COc1cccc(C(F)(F)F)c1)Nc1ccccc1OC(F)F. The van der Waals surface area contributed by atoms with Gasteiger partial charge in [0.05, 0.1) is 11.3 Å². The predicted octanol–water partition coefficient (Wildman–Crippen LogP) is 4.32. The molecule has 0 fully saturated rings. The van der Waals surface area contributed by atoms with E-state index in [0.717, 1.165) is 18.2 Å². The third kappa shape index (κ3) is 5.63. The van der Waals surface area contributed by atoms with E-state index in [4.69, 9.17) is 4.74 Å². The number of amides is 1. The smallest absolute Gasteiger partial charge is 0.416 e. The zero-order valence-corrected chi connectivity index (χ0v) is 12.5. The Bertz CT molecular complexity index is 734. The quantitative estimate of drug-likeness (QED) is 0.780. The number of alkyl halides is 5. The average Bonchev–Trinajstić information content (AvgIpc) is 2.54. The number of carbonyl (C=O) groups is 1. The average molecular weight is 361 g/mol. The molecule has 0 bridgehead atoms. The number of rotatable bonds is 6. The van der Waals surface area contributed by atoms with Crippen molar-refractivity contribution in [1.29, 1.82) is 0 Å². The molecule has 0 aliphatic carbocycles. The summed E-state index contributed by atoms with van der Waals surface area (Å²) in [6, 6.07) is 9.51. The Hall–Kier alpha value is -2.84. The van der Waals surface area contributed by atoms with E-state index in [9.17, 15) is 26.7 Å². The van der Waals surface area contributed by atoms with E-state index in [1.807, 2.05) is 0 Å². The number of anilines is 1. The number of hydrogen-bond acceptors (Lipinski definition) is 3. The Labute approximate surface area is 139 Å². The van der Waals surface area contributed by atoms with Crippen LogP contribution in [0.4, 0.5) is 27.6 Å². The van der Waals surface area contributed by atoms with E-state index in [1.165, 1.54) is 30.3 Å². The molecular formula is C16H12F5NO3. The Kier molecular flexibility index (Phi) is 5.79. The van der Waals surface area contributed by atoms with Crippen LogP contribution >= 0.6 is 0 Å². The first-order chi connectivity index (χ1) is 11.8. The van der Waals surface area contributed by atoms with E-state index in [0.29, 0.717) is 0 Å². The molecule has 0 spiro atoms. The number of carbonyl (C=O) groups excluding carboxylic acids is 1. The highest BCUT2D eigenvalue weighted by atomic mass is 19.4. The molecule has 134 valence electrons. The highest BCUT2D eigenvalue weighted by Crippen LogP contribution is 2.31. The van der Waals surface area contributed by atoms with Crippen LogP contribution in [0, 0.1) is 0 Å². The molecule has 9 heteroatoms. The second kappa shape index (κ2) is 7.82. The number of nitrogens with one attached hydrogen (secondary N) is 1. The molecule has 25 heavy (non-hydrogen) atoms. The topological polar surface area (TPSA) is 47.6 Å². The minimum Gasteiger partial charge on any atom is -0.484 e. The standard InChI is InChI=1S/C16H12F5NO3/c17-15(18)25-13-7-2-1-6-12(13)22-14(23)9-24-11-5-3-4-10(8-11)16(19,20)21/h1-8,15H,9H2,(H,22,23). The van der Waals surface area contributed by atoms with Crippen molar-refractivity contribution < 1.29 is 36.2 Å². The van der Waals surface area contributed by atoms with E-state index >= 15 is 0 Å². The molecule has 2 rings (SSSR count). The summed E-state index contributed by atoms with van der Waals surface area (Å²) in [4.78, 5) is 11.8. The van der Waals surface area contributed by atoms with Crippen molar-refractivity contribution >= 4 is 11.6 Å². The molecule has 2 aromatic carbocycles. The van der Waals surface area contributed by atoms with Gasteiger partial charge in [0.15, 0.2) is 6.61 Å². The monoisotopic (exact) mass is 361 g/mol. The van der Waals surface area contributed by atoms with E-state index < -0.39 is 30.9 Å². The predicted molar refractivity (Wildman–Crippen MR) is 78.6 cm³/mol. The first-order valence-corrected chi connectivity index (χ1v) is 6.89. The maximum absolute atomic E-state index is 12.6. The largest absolute Gasteiger partial charge is 0.484 e. The summed E-state index contributed by atoms with van der Waals surface area (Å²) in [5.41, 5.74) is -0.929. The molecule has 0 saturated carbocycles. The van der Waals surface area contributed by atoms with Crippen LogP contribution in [0.15, 0.2) is 48.5 Å². The van der Waals surface area contributed by atoms with Gasteiger partial charge in [-0.3, -0.25) is 4.79 Å². The number of halogens is 5. The molecule has 0 unspecified atom stereocenters. The van der Waals surface area contributed by atoms with Gasteiger partial charge in [-0.05, 0) is 30.3 Å². The van der Waals surface area contributed by atoms with Crippen molar-refractivity contribution in [3.63, 3.8) is 0 Å². The summed E-state index contributed by atoms with van der Waals surface area (Å²) in [5, 5.41) is 2.29. The van der Waals surface area contributed by atoms with Gasteiger partial charge in [0.1, 0.15) is 11.5 Å². The maximum Gasteiger partial charge on any atom is 0.416 e. The van der Waals surface area contributed by atoms with E-state index in [2.05, 4.69) is 10.1 Å². The lowest BCUT2D eigenvalue weighted by Crippen LogP contribution is -2.21. The number of benzene rings is 2. The molecule has 0 aromatic heterocycles. The van der Waals surface area contributed by atoms with Crippen molar-refractivity contribution in [1.82, 2.24) is 0 Å². The van der Waals surface area contributed by atoms with Gasteiger partial charge in [0.2, 0.25) is 0 Å². The second-order valence-electron chi connectivity index (χ2n) is 4.74. The minimum atomic E-state index is -4.53. The molecule has 4 nitrogen and oxygen atoms in total. The molecule has 0 saturated heterocycles. The van der Waals surface area contributed by atoms with Crippen LogP contribution in [0.2, 0.25) is 0 Å². The highest BCUT2D eigenvalue weighted by molar-refractivity contribution is 5.93. The fourth-order valence-electron chi connectivity index (χ4n) is 1.87. The molecule has 0 heterocycles. The molecule has 2 aromatic rings. The molecular weight excluding hydrogens is 349 g/mol. The van der Waals surface area contributed by atoms with Crippen LogP contribution < -0.4 is 14.8 Å². The van der Waals surface area contributed by atoms with Crippen LogP contribution in [0.1, 0.15) is 5.56 Å². The second-order valence-corrected chi connectivity index (χ2v) is 4.74. The van der Waals surface area contributed by atoms with E-state index in [1.54, 1.807) is 0 Å². The minimum absolute atomic E-state index is 0.0135. The van der Waals surface area contributed by atoms with Crippen LogP contribution in [0.3, 0.4) is 0 Å². The molecule has 0 atom stereocenters. The van der Waals surface area contributed by atoms with Gasteiger partial charge >= 0.3 is 12.8 Å². The third-order valence-electron chi connectivity index (χ3n) is 2.91. The molecule has 0 aliphatic rings. The fraction of sp³-hybridized carbons (Fsp3) is 0.188. The zero-order chi connectivity index (χ0) is 18.4. The zero-order valence-electron chi connectivity index (χ0n) is 12.5. The Morgan fingerprint density at radius 3 is 2.48 bits per heavy atom. The fourth-order valence-corrected chi connectivity index (χ4v) is 1.87. The summed E-state index contributed by atoms with van der Waals surface area (Å²) < 4.78 is 71.6. The number of hydrogen-bond donors (Lipinski definition) is 1. The lowest BCUT2D eigenvalue weighted by atomic mass is 10.2. The van der Waals surface area contributed by atoms with Crippen molar-refractivity contribution in [3.8, 4) is 11.5 Å². The molecule has 1 amide bonds. The summed E-state index contributed by atoms with van der Waals surface area (Å²) in [5.74, 6) is -1.14. The maximum atomic E-state index is 12.6. The molecule has 1 N–H and O–H groups in total. The normalized spacial score (nSPS) is 11.3. The van der Waals surface area contributed by atoms with Gasteiger partial charge < -0.3 is 14.8 Å². The lowest BCUT2D eigenvalue weighted by Gasteiger charge is -2.13. The van der Waals surface area contributed by atoms with Gasteiger partial charge in [-0.2, -0.15) is 22.0 Å². The van der Waals surface area contributed by atoms with Gasteiger partial charge in [0, 0.05) is 0 Å². The Balaban J connectivity index is 1.98. The number of para-hydroxylation sites is 2. The van der Waals surface area contributed by atoms with Gasteiger partial charge in [-0.15, -0.1) is 0 Å². The van der Waals surface area contributed by atoms with Crippen molar-refractivity contribution in [2.24, 2.45) is 0 Å². The van der Waals surface area contributed by atoms with Gasteiger partial charge in [-0.25, -0.2) is 0 Å². The highest BCUT2D eigenvalue weighted by Gasteiger charge is 2.30. The van der Waals surface area contributed by atoms with Crippen LogP contribution in [-0.2, 0) is 11.0 Å². The lowest BCUT2D eigenvalue weighted by molar-refractivity contribution is -0.137. The van der Waals surface area contributed by atoms with Gasteiger partial charge in [0.25, 0.3) is 5.91 Å². The molecule has 0 aliphatic heterocycles. The van der Waals surface area contributed by atoms with Crippen LogP contribution in [0.5, 0.6) is 11.5 Å². The van der Waals surface area contributed by atoms with Crippen LogP contribution in [0.25, 0.3) is 0 Å². The third-order valence-corrected chi connectivity index (χ3v) is 2.91. The van der Waals surface area contributed by atoms with Crippen molar-refractivity contribution in [2.45, 2.75) is 12.8 Å². The van der Waals surface area contributed by atoms with Gasteiger partial charge in [-0.1, -0.05) is 18.2 Å². The summed E-state index contributed by atoms with van der Waals surface area (Å²) in [7, 11) is 0. The van der Waals surface area contributed by atoms with Crippen molar-refractivity contribution in [3.05, 3.63) is 54.1 Å². The van der Waals surface area contributed by atoms with E-state index in [-0.39, 0.29) is 17.2 Å². The first kappa shape index (κ1) is 18.5. The summed E-state index contributed by atoms with van der Waals surface area (Å²) in [6.07, 6.45) is -4.53. The number of ether oxygens (including phenoxy) is 2. The first-order valence-electron chi connectivity index (χ1n) is 6.89. The summed E-state index contributed by atoms with van der Waals surface area (Å²) >= 11 is 0. The summed E-state index contributed by atoms with van der Waals surface area (Å²) in [6.45, 7) is -3.68. The van der Waals surface area contributed by atoms with Crippen LogP contribution in [-0.4, -0.2) is 19.1 Å². The molecule has 0 radical (unpaired) electrons. The van der Waals surface area contributed by atoms with Crippen molar-refractivity contribution in [2.75, 3.05) is 11.9 Å². The Morgan fingerprint density at radius 2 is 1.80 bits per heavy atom.